The zero-order valence-electron chi connectivity index (χ0n) is 10.3. The average molecular weight is 331 g/mol. The lowest BCUT2D eigenvalue weighted by Gasteiger charge is -2.32. The molecule has 0 aromatic heterocycles. The van der Waals surface area contributed by atoms with Gasteiger partial charge in [0.15, 0.2) is 0 Å². The summed E-state index contributed by atoms with van der Waals surface area (Å²) in [4.78, 5) is 0. The SMILES string of the molecule is CCc1cc(Br)cc2c1OC1(C=C2)CCNC1.Cl. The molecule has 0 bridgehead atoms. The van der Waals surface area contributed by atoms with Crippen LogP contribution in [0.1, 0.15) is 24.5 Å². The normalized spacial score (nSPS) is 24.6. The van der Waals surface area contributed by atoms with Gasteiger partial charge in [0.25, 0.3) is 0 Å². The number of fused-ring (bicyclic) bond motifs is 1. The van der Waals surface area contributed by atoms with E-state index in [9.17, 15) is 0 Å². The van der Waals surface area contributed by atoms with Crippen LogP contribution in [0.4, 0.5) is 0 Å². The number of hydrogen-bond acceptors (Lipinski definition) is 2. The van der Waals surface area contributed by atoms with Crippen molar-refractivity contribution in [2.45, 2.75) is 25.4 Å². The van der Waals surface area contributed by atoms with Gasteiger partial charge in [-0.1, -0.05) is 28.9 Å². The van der Waals surface area contributed by atoms with E-state index in [0.717, 1.165) is 36.2 Å². The topological polar surface area (TPSA) is 21.3 Å². The summed E-state index contributed by atoms with van der Waals surface area (Å²) in [7, 11) is 0. The van der Waals surface area contributed by atoms with Crippen LogP contribution in [0.2, 0.25) is 0 Å². The van der Waals surface area contributed by atoms with Crippen molar-refractivity contribution in [2.24, 2.45) is 0 Å². The highest BCUT2D eigenvalue weighted by Crippen LogP contribution is 2.38. The van der Waals surface area contributed by atoms with Gasteiger partial charge >= 0.3 is 0 Å². The Bertz CT molecular complexity index is 481. The smallest absolute Gasteiger partial charge is 0.141 e. The lowest BCUT2D eigenvalue weighted by molar-refractivity contribution is 0.137. The summed E-state index contributed by atoms with van der Waals surface area (Å²) in [5.74, 6) is 1.07. The molecular formula is C14H17BrClNO. The standard InChI is InChI=1S/C14H16BrNO.ClH/c1-2-10-7-12(15)8-11-3-4-14(17-13(10)11)5-6-16-9-14;/h3-4,7-8,16H,2,5-6,9H2,1H3;1H. The van der Waals surface area contributed by atoms with Crippen molar-refractivity contribution >= 4 is 34.4 Å². The van der Waals surface area contributed by atoms with Crippen LogP contribution in [0.25, 0.3) is 6.08 Å². The van der Waals surface area contributed by atoms with E-state index < -0.39 is 0 Å². The quantitative estimate of drug-likeness (QED) is 0.850. The highest BCUT2D eigenvalue weighted by molar-refractivity contribution is 9.10. The van der Waals surface area contributed by atoms with Crippen LogP contribution in [0.15, 0.2) is 22.7 Å². The van der Waals surface area contributed by atoms with Crippen molar-refractivity contribution in [3.05, 3.63) is 33.8 Å². The molecule has 1 saturated heterocycles. The third-order valence-electron chi connectivity index (χ3n) is 3.56. The molecule has 1 unspecified atom stereocenters. The molecule has 1 aromatic rings. The number of aryl methyl sites for hydroxylation is 1. The van der Waals surface area contributed by atoms with Crippen LogP contribution in [-0.4, -0.2) is 18.7 Å². The average Bonchev–Trinajstić information content (AvgIpc) is 2.77. The number of benzene rings is 1. The molecule has 1 atom stereocenters. The second-order valence-corrected chi connectivity index (χ2v) is 5.68. The number of hydrogen-bond donors (Lipinski definition) is 1. The van der Waals surface area contributed by atoms with Gasteiger partial charge in [-0.2, -0.15) is 0 Å². The Kier molecular flexibility index (Phi) is 4.05. The number of halogens is 2. The maximum Gasteiger partial charge on any atom is 0.141 e. The Morgan fingerprint density at radius 1 is 1.44 bits per heavy atom. The number of ether oxygens (including phenoxy) is 1. The summed E-state index contributed by atoms with van der Waals surface area (Å²) in [6.45, 7) is 4.13. The molecule has 0 saturated carbocycles. The second kappa shape index (κ2) is 5.24. The van der Waals surface area contributed by atoms with Crippen molar-refractivity contribution in [1.82, 2.24) is 5.32 Å². The highest BCUT2D eigenvalue weighted by atomic mass is 79.9. The second-order valence-electron chi connectivity index (χ2n) is 4.76. The maximum absolute atomic E-state index is 6.29. The predicted octanol–water partition coefficient (Wildman–Crippen LogP) is 3.57. The van der Waals surface area contributed by atoms with E-state index in [1.165, 1.54) is 11.1 Å². The van der Waals surface area contributed by atoms with Crippen LogP contribution in [-0.2, 0) is 6.42 Å². The van der Waals surface area contributed by atoms with Crippen molar-refractivity contribution in [3.63, 3.8) is 0 Å². The van der Waals surface area contributed by atoms with Gasteiger partial charge in [0, 0.05) is 23.0 Å². The molecule has 98 valence electrons. The fraction of sp³-hybridized carbons (Fsp3) is 0.429. The molecule has 0 aliphatic carbocycles. The van der Waals surface area contributed by atoms with Crippen LogP contribution >= 0.6 is 28.3 Å². The lowest BCUT2D eigenvalue weighted by atomic mass is 9.95. The number of nitrogens with one attached hydrogen (secondary N) is 1. The highest BCUT2D eigenvalue weighted by Gasteiger charge is 2.36. The molecule has 4 heteroatoms. The van der Waals surface area contributed by atoms with Gasteiger partial charge in [0.1, 0.15) is 11.4 Å². The summed E-state index contributed by atoms with van der Waals surface area (Å²) in [5, 5.41) is 3.38. The van der Waals surface area contributed by atoms with Gasteiger partial charge < -0.3 is 10.1 Å². The molecule has 1 N–H and O–H groups in total. The zero-order valence-corrected chi connectivity index (χ0v) is 12.7. The predicted molar refractivity (Wildman–Crippen MR) is 80.6 cm³/mol. The van der Waals surface area contributed by atoms with E-state index in [1.807, 2.05) is 0 Å². The van der Waals surface area contributed by atoms with Gasteiger partial charge in [0.05, 0.1) is 0 Å². The maximum atomic E-state index is 6.29. The van der Waals surface area contributed by atoms with Crippen molar-refractivity contribution in [3.8, 4) is 5.75 Å². The van der Waals surface area contributed by atoms with Crippen molar-refractivity contribution in [1.29, 1.82) is 0 Å². The fourth-order valence-corrected chi connectivity index (χ4v) is 3.10. The molecule has 3 rings (SSSR count). The Balaban J connectivity index is 0.00000120. The molecule has 2 aliphatic rings. The largest absolute Gasteiger partial charge is 0.481 e. The number of rotatable bonds is 1. The van der Waals surface area contributed by atoms with Crippen molar-refractivity contribution < 1.29 is 4.74 Å². The lowest BCUT2D eigenvalue weighted by Crippen LogP contribution is -2.38. The summed E-state index contributed by atoms with van der Waals surface area (Å²) in [5.41, 5.74) is 2.36. The molecular weight excluding hydrogens is 314 g/mol. The van der Waals surface area contributed by atoms with Gasteiger partial charge in [-0.15, -0.1) is 12.4 Å². The van der Waals surface area contributed by atoms with Gasteiger partial charge in [-0.05, 0) is 36.7 Å². The summed E-state index contributed by atoms with van der Waals surface area (Å²) in [6, 6.07) is 4.29. The van der Waals surface area contributed by atoms with Gasteiger partial charge in [0.2, 0.25) is 0 Å². The molecule has 1 fully saturated rings. The molecule has 0 radical (unpaired) electrons. The molecule has 2 heterocycles. The van der Waals surface area contributed by atoms with Crippen molar-refractivity contribution in [2.75, 3.05) is 13.1 Å². The third-order valence-corrected chi connectivity index (χ3v) is 4.02. The Morgan fingerprint density at radius 2 is 2.28 bits per heavy atom. The Labute approximate surface area is 122 Å². The molecule has 2 aliphatic heterocycles. The van der Waals surface area contributed by atoms with Crippen LogP contribution < -0.4 is 10.1 Å². The van der Waals surface area contributed by atoms with Crippen LogP contribution in [0.3, 0.4) is 0 Å². The first-order valence-electron chi connectivity index (χ1n) is 6.14. The summed E-state index contributed by atoms with van der Waals surface area (Å²) >= 11 is 3.56. The van der Waals surface area contributed by atoms with Crippen LogP contribution in [0, 0.1) is 0 Å². The Morgan fingerprint density at radius 3 is 2.94 bits per heavy atom. The van der Waals surface area contributed by atoms with E-state index in [2.05, 4.69) is 52.5 Å². The molecule has 0 amide bonds. The van der Waals surface area contributed by atoms with Gasteiger partial charge in [-0.3, -0.25) is 0 Å². The van der Waals surface area contributed by atoms with E-state index in [-0.39, 0.29) is 18.0 Å². The Hall–Kier alpha value is -0.510. The summed E-state index contributed by atoms with van der Waals surface area (Å²) in [6.07, 6.45) is 6.47. The fourth-order valence-electron chi connectivity index (χ4n) is 2.58. The van der Waals surface area contributed by atoms with E-state index >= 15 is 0 Å². The van der Waals surface area contributed by atoms with Crippen LogP contribution in [0.5, 0.6) is 5.75 Å². The molecule has 1 aromatic carbocycles. The van der Waals surface area contributed by atoms with E-state index in [4.69, 9.17) is 4.74 Å². The first-order valence-corrected chi connectivity index (χ1v) is 6.93. The molecule has 18 heavy (non-hydrogen) atoms. The molecule has 2 nitrogen and oxygen atoms in total. The summed E-state index contributed by atoms with van der Waals surface area (Å²) < 4.78 is 7.41. The first kappa shape index (κ1) is 13.9. The third kappa shape index (κ3) is 2.31. The minimum atomic E-state index is -0.106. The minimum Gasteiger partial charge on any atom is -0.481 e. The zero-order chi connectivity index (χ0) is 11.9. The minimum absolute atomic E-state index is 0. The molecule has 1 spiro atoms. The van der Waals surface area contributed by atoms with Gasteiger partial charge in [-0.25, -0.2) is 0 Å². The van der Waals surface area contributed by atoms with E-state index in [0.29, 0.717) is 0 Å². The first-order chi connectivity index (χ1) is 8.22. The van der Waals surface area contributed by atoms with E-state index in [1.54, 1.807) is 0 Å². The monoisotopic (exact) mass is 329 g/mol.